The van der Waals surface area contributed by atoms with Crippen molar-refractivity contribution in [2.24, 2.45) is 0 Å². The van der Waals surface area contributed by atoms with E-state index in [0.29, 0.717) is 22.3 Å². The van der Waals surface area contributed by atoms with E-state index in [1.165, 1.54) is 12.1 Å². The van der Waals surface area contributed by atoms with Gasteiger partial charge in [0.05, 0.1) is 16.3 Å². The van der Waals surface area contributed by atoms with Crippen molar-refractivity contribution in [1.29, 1.82) is 0 Å². The maximum atomic E-state index is 13.4. The molecule has 0 fully saturated rings. The molecule has 0 spiro atoms. The fourth-order valence-electron chi connectivity index (χ4n) is 3.34. The van der Waals surface area contributed by atoms with Crippen molar-refractivity contribution in [1.82, 2.24) is 0 Å². The molecule has 130 valence electrons. The third kappa shape index (κ3) is 2.00. The second kappa shape index (κ2) is 4.91. The van der Waals surface area contributed by atoms with Gasteiger partial charge in [0.25, 0.3) is 0 Å². The second-order valence-corrected chi connectivity index (χ2v) is 5.97. The number of hydrogen-bond donors (Lipinski definition) is 0. The first-order chi connectivity index (χ1) is 12.4. The van der Waals surface area contributed by atoms with Gasteiger partial charge in [-0.25, -0.2) is 0 Å². The minimum atomic E-state index is -4.66. The summed E-state index contributed by atoms with van der Waals surface area (Å²) < 4.78 is 56.4. The van der Waals surface area contributed by atoms with Gasteiger partial charge in [-0.05, 0) is 35.7 Å². The van der Waals surface area contributed by atoms with E-state index in [4.69, 9.17) is 13.9 Å². The largest absolute Gasteiger partial charge is 0.456 e. The van der Waals surface area contributed by atoms with Crippen LogP contribution in [0.2, 0.25) is 0 Å². The fraction of sp³-hybridized carbons (Fsp3) is 0.105. The van der Waals surface area contributed by atoms with Crippen molar-refractivity contribution in [3.63, 3.8) is 0 Å². The predicted octanol–water partition coefficient (Wildman–Crippen LogP) is 4.85. The number of ether oxygens (including phenoxy) is 2. The van der Waals surface area contributed by atoms with Gasteiger partial charge >= 0.3 is 6.18 Å². The van der Waals surface area contributed by atoms with Gasteiger partial charge in [-0.3, -0.25) is 4.79 Å². The van der Waals surface area contributed by atoms with Gasteiger partial charge < -0.3 is 13.9 Å². The lowest BCUT2D eigenvalue weighted by Gasteiger charge is -2.11. The summed E-state index contributed by atoms with van der Waals surface area (Å²) in [7, 11) is 0. The van der Waals surface area contributed by atoms with E-state index in [-0.39, 0.29) is 23.3 Å². The third-order valence-corrected chi connectivity index (χ3v) is 4.48. The van der Waals surface area contributed by atoms with Crippen LogP contribution in [0.1, 0.15) is 5.56 Å². The first-order valence-corrected chi connectivity index (χ1v) is 7.72. The van der Waals surface area contributed by atoms with Crippen molar-refractivity contribution in [2.75, 3.05) is 6.79 Å². The number of fused-ring (bicyclic) bond motifs is 5. The molecule has 0 amide bonds. The first-order valence-electron chi connectivity index (χ1n) is 7.72. The Balaban J connectivity index is 2.00. The van der Waals surface area contributed by atoms with Crippen LogP contribution in [0, 0.1) is 0 Å². The lowest BCUT2D eigenvalue weighted by molar-refractivity contribution is -0.136. The molecule has 0 saturated carbocycles. The highest BCUT2D eigenvalue weighted by Gasteiger charge is 2.34. The van der Waals surface area contributed by atoms with Crippen LogP contribution in [0.25, 0.3) is 32.7 Å². The zero-order valence-electron chi connectivity index (χ0n) is 13.0. The van der Waals surface area contributed by atoms with Gasteiger partial charge in [0.1, 0.15) is 11.2 Å². The van der Waals surface area contributed by atoms with E-state index in [2.05, 4.69) is 0 Å². The lowest BCUT2D eigenvalue weighted by Crippen LogP contribution is -2.12. The van der Waals surface area contributed by atoms with Crippen LogP contribution in [0.3, 0.4) is 0 Å². The average molecular weight is 358 g/mol. The molecule has 0 saturated heterocycles. The van der Waals surface area contributed by atoms with Gasteiger partial charge in [0, 0.05) is 5.39 Å². The molecule has 7 heteroatoms. The number of alkyl halides is 3. The summed E-state index contributed by atoms with van der Waals surface area (Å²) in [6.45, 7) is 0.0549. The Kier molecular flexibility index (Phi) is 2.84. The number of halogens is 3. The molecular weight excluding hydrogens is 349 g/mol. The summed E-state index contributed by atoms with van der Waals surface area (Å²) >= 11 is 0. The smallest absolute Gasteiger partial charge is 0.417 e. The molecule has 1 aromatic heterocycles. The van der Waals surface area contributed by atoms with Gasteiger partial charge in [0.2, 0.25) is 12.2 Å². The van der Waals surface area contributed by atoms with Gasteiger partial charge in [0.15, 0.2) is 11.5 Å². The van der Waals surface area contributed by atoms with Crippen molar-refractivity contribution < 1.29 is 27.1 Å². The van der Waals surface area contributed by atoms with Crippen LogP contribution < -0.4 is 14.9 Å². The molecule has 3 aromatic carbocycles. The summed E-state index contributed by atoms with van der Waals surface area (Å²) in [5.41, 5.74) is -1.62. The minimum Gasteiger partial charge on any atom is -0.456 e. The van der Waals surface area contributed by atoms with E-state index in [0.717, 1.165) is 6.07 Å². The average Bonchev–Trinajstić information content (AvgIpc) is 3.05. The molecule has 1 aliphatic heterocycles. The third-order valence-electron chi connectivity index (χ3n) is 4.48. The molecule has 26 heavy (non-hydrogen) atoms. The summed E-state index contributed by atoms with van der Waals surface area (Å²) in [5, 5.41) is 0.722. The molecule has 0 unspecified atom stereocenters. The van der Waals surface area contributed by atoms with Crippen molar-refractivity contribution in [3.05, 3.63) is 58.3 Å². The monoisotopic (exact) mass is 358 g/mol. The van der Waals surface area contributed by atoms with E-state index < -0.39 is 22.6 Å². The van der Waals surface area contributed by atoms with E-state index >= 15 is 0 Å². The molecular formula is C19H9F3O4. The van der Waals surface area contributed by atoms with Crippen LogP contribution in [-0.4, -0.2) is 6.79 Å². The highest BCUT2D eigenvalue weighted by molar-refractivity contribution is 6.09. The number of benzene rings is 3. The Morgan fingerprint density at radius 3 is 2.38 bits per heavy atom. The molecule has 1 aliphatic rings. The lowest BCUT2D eigenvalue weighted by atomic mass is 10.0. The molecule has 5 rings (SSSR count). The number of hydrogen-bond acceptors (Lipinski definition) is 4. The molecule has 2 heterocycles. The van der Waals surface area contributed by atoms with E-state index in [1.54, 1.807) is 24.3 Å². The molecule has 4 nitrogen and oxygen atoms in total. The normalized spacial score (nSPS) is 13.8. The SMILES string of the molecule is O=c1c2c(C(F)(F)F)cccc2oc2ccc3cc4c(cc3c12)OCO4. The van der Waals surface area contributed by atoms with Crippen LogP contribution >= 0.6 is 0 Å². The Labute approximate surface area is 143 Å². The zero-order chi connectivity index (χ0) is 18.1. The second-order valence-electron chi connectivity index (χ2n) is 5.97. The highest BCUT2D eigenvalue weighted by atomic mass is 19.4. The van der Waals surface area contributed by atoms with E-state index in [1.807, 2.05) is 0 Å². The van der Waals surface area contributed by atoms with Gasteiger partial charge in [-0.15, -0.1) is 0 Å². The van der Waals surface area contributed by atoms with Crippen molar-refractivity contribution in [2.45, 2.75) is 6.18 Å². The Bertz CT molecular complexity index is 1270. The van der Waals surface area contributed by atoms with Crippen LogP contribution in [0.4, 0.5) is 13.2 Å². The summed E-state index contributed by atoms with van der Waals surface area (Å²) in [6.07, 6.45) is -4.66. The molecule has 0 aliphatic carbocycles. The topological polar surface area (TPSA) is 48.7 Å². The zero-order valence-corrected chi connectivity index (χ0v) is 13.0. The molecule has 0 atom stereocenters. The Hall–Kier alpha value is -3.22. The quantitative estimate of drug-likeness (QED) is 0.333. The van der Waals surface area contributed by atoms with Gasteiger partial charge in [-0.1, -0.05) is 12.1 Å². The van der Waals surface area contributed by atoms with Crippen molar-refractivity contribution in [3.8, 4) is 11.5 Å². The number of rotatable bonds is 0. The molecule has 0 N–H and O–H groups in total. The molecule has 0 bridgehead atoms. The Morgan fingerprint density at radius 2 is 1.62 bits per heavy atom. The van der Waals surface area contributed by atoms with Crippen molar-refractivity contribution >= 4 is 32.7 Å². The molecule has 4 aromatic rings. The summed E-state index contributed by atoms with van der Waals surface area (Å²) in [6, 6.07) is 10.0. The fourth-order valence-corrected chi connectivity index (χ4v) is 3.34. The van der Waals surface area contributed by atoms with E-state index in [9.17, 15) is 18.0 Å². The predicted molar refractivity (Wildman–Crippen MR) is 88.6 cm³/mol. The standard InChI is InChI=1S/C19H9F3O4/c20-19(21,22)11-2-1-3-12-17(11)18(23)16-10-7-15-14(24-8-25-15)6-9(10)4-5-13(16)26-12/h1-7H,8H2. The maximum Gasteiger partial charge on any atom is 0.417 e. The minimum absolute atomic E-state index is 0.0549. The Morgan fingerprint density at radius 1 is 0.885 bits per heavy atom. The summed E-state index contributed by atoms with van der Waals surface area (Å²) in [4.78, 5) is 13.0. The van der Waals surface area contributed by atoms with Crippen LogP contribution in [-0.2, 0) is 6.18 Å². The summed E-state index contributed by atoms with van der Waals surface area (Å²) in [5.74, 6) is 0.964. The first kappa shape index (κ1) is 15.1. The van der Waals surface area contributed by atoms with Gasteiger partial charge in [-0.2, -0.15) is 13.2 Å². The highest BCUT2D eigenvalue weighted by Crippen LogP contribution is 2.39. The maximum absolute atomic E-state index is 13.4. The van der Waals surface area contributed by atoms with Crippen LogP contribution in [0.5, 0.6) is 11.5 Å². The molecule has 0 radical (unpaired) electrons. The van der Waals surface area contributed by atoms with Crippen LogP contribution in [0.15, 0.2) is 51.7 Å².